The number of fused-ring (bicyclic) bond motifs is 1. The average Bonchev–Trinajstić information content (AvgIpc) is 2.84. The van der Waals surface area contributed by atoms with Gasteiger partial charge in [-0.1, -0.05) is 86.5 Å². The second-order valence-electron chi connectivity index (χ2n) is 8.83. The summed E-state index contributed by atoms with van der Waals surface area (Å²) in [5.74, 6) is -0.726. The molecule has 0 unspecified atom stereocenters. The highest BCUT2D eigenvalue weighted by atomic mass is 19.4. The highest BCUT2D eigenvalue weighted by molar-refractivity contribution is 5.88. The summed E-state index contributed by atoms with van der Waals surface area (Å²) in [6.07, 6.45) is 1.84. The number of benzene rings is 4. The Kier molecular flexibility index (Phi) is 7.74. The van der Waals surface area contributed by atoms with E-state index in [4.69, 9.17) is 0 Å². The topological polar surface area (TPSA) is 9.23 Å². The van der Waals surface area contributed by atoms with Crippen molar-refractivity contribution in [3.8, 4) is 16.9 Å². The third-order valence-corrected chi connectivity index (χ3v) is 6.21. The van der Waals surface area contributed by atoms with E-state index in [-0.39, 0.29) is 5.75 Å². The lowest BCUT2D eigenvalue weighted by atomic mass is 9.97. The highest BCUT2D eigenvalue weighted by Gasteiger charge is 2.31. The van der Waals surface area contributed by atoms with Gasteiger partial charge in [-0.05, 0) is 65.5 Å². The summed E-state index contributed by atoms with van der Waals surface area (Å²) in [7, 11) is 0. The van der Waals surface area contributed by atoms with Crippen LogP contribution < -0.4 is 4.74 Å². The molecule has 0 aromatic heterocycles. The predicted octanol–water partition coefficient (Wildman–Crippen LogP) is 9.06. The molecular weight excluding hydrogens is 452 g/mol. The maximum absolute atomic E-state index is 15.2. The first kappa shape index (κ1) is 24.8. The first-order valence-electron chi connectivity index (χ1n) is 12.0. The zero-order valence-electron chi connectivity index (χ0n) is 19.7. The SMILES string of the molecule is CCCCCc1ccc(CCc2ccc3c(F)c(-c4ccc(OC(F)(F)F)cc4)ccc3c2)cc1. The fourth-order valence-corrected chi connectivity index (χ4v) is 4.30. The zero-order chi connectivity index (χ0) is 24.8. The summed E-state index contributed by atoms with van der Waals surface area (Å²) in [5, 5.41) is 1.28. The van der Waals surface area contributed by atoms with E-state index in [9.17, 15) is 13.2 Å². The summed E-state index contributed by atoms with van der Waals surface area (Å²) in [5.41, 5.74) is 4.61. The molecule has 0 atom stereocenters. The van der Waals surface area contributed by atoms with Crippen LogP contribution in [0.5, 0.6) is 5.75 Å². The van der Waals surface area contributed by atoms with E-state index in [2.05, 4.69) is 35.9 Å². The Bertz CT molecular complexity index is 1260. The van der Waals surface area contributed by atoms with Crippen LogP contribution in [0.25, 0.3) is 21.9 Å². The molecule has 0 saturated heterocycles. The van der Waals surface area contributed by atoms with Crippen molar-refractivity contribution in [2.75, 3.05) is 0 Å². The van der Waals surface area contributed by atoms with Crippen LogP contribution in [0.1, 0.15) is 42.9 Å². The van der Waals surface area contributed by atoms with Crippen LogP contribution in [0.4, 0.5) is 17.6 Å². The number of hydrogen-bond acceptors (Lipinski definition) is 1. The first-order chi connectivity index (χ1) is 16.8. The van der Waals surface area contributed by atoms with E-state index in [0.717, 1.165) is 30.2 Å². The Morgan fingerprint density at radius 1 is 0.686 bits per heavy atom. The van der Waals surface area contributed by atoms with E-state index in [1.165, 1.54) is 54.7 Å². The van der Waals surface area contributed by atoms with Crippen LogP contribution in [0.2, 0.25) is 0 Å². The van der Waals surface area contributed by atoms with Crippen LogP contribution in [0, 0.1) is 5.82 Å². The molecule has 1 nitrogen and oxygen atoms in total. The van der Waals surface area contributed by atoms with Crippen molar-refractivity contribution in [3.63, 3.8) is 0 Å². The monoisotopic (exact) mass is 480 g/mol. The van der Waals surface area contributed by atoms with Crippen LogP contribution in [-0.4, -0.2) is 6.36 Å². The van der Waals surface area contributed by atoms with Crippen LogP contribution in [0.3, 0.4) is 0 Å². The molecule has 4 aromatic rings. The molecule has 0 spiro atoms. The summed E-state index contributed by atoms with van der Waals surface area (Å²) < 4.78 is 56.3. The Morgan fingerprint density at radius 2 is 1.31 bits per heavy atom. The van der Waals surface area contributed by atoms with E-state index >= 15 is 4.39 Å². The maximum Gasteiger partial charge on any atom is 0.573 e. The molecule has 0 heterocycles. The number of aryl methyl sites for hydroxylation is 3. The maximum atomic E-state index is 15.2. The largest absolute Gasteiger partial charge is 0.573 e. The van der Waals surface area contributed by atoms with Gasteiger partial charge in [-0.15, -0.1) is 13.2 Å². The molecule has 0 aliphatic carbocycles. The van der Waals surface area contributed by atoms with Crippen LogP contribution >= 0.6 is 0 Å². The summed E-state index contributed by atoms with van der Waals surface area (Å²) >= 11 is 0. The van der Waals surface area contributed by atoms with E-state index in [0.29, 0.717) is 16.5 Å². The molecule has 4 aromatic carbocycles. The van der Waals surface area contributed by atoms with Gasteiger partial charge >= 0.3 is 6.36 Å². The second kappa shape index (κ2) is 10.9. The number of ether oxygens (including phenoxy) is 1. The van der Waals surface area contributed by atoms with E-state index < -0.39 is 12.2 Å². The predicted molar refractivity (Wildman–Crippen MR) is 133 cm³/mol. The van der Waals surface area contributed by atoms with Gasteiger partial charge in [-0.2, -0.15) is 0 Å². The number of halogens is 4. The minimum Gasteiger partial charge on any atom is -0.406 e. The van der Waals surface area contributed by atoms with Crippen molar-refractivity contribution in [1.29, 1.82) is 0 Å². The van der Waals surface area contributed by atoms with Gasteiger partial charge < -0.3 is 4.74 Å². The molecule has 0 amide bonds. The molecule has 0 radical (unpaired) electrons. The Hall–Kier alpha value is -3.34. The Labute approximate surface area is 203 Å². The second-order valence-corrected chi connectivity index (χ2v) is 8.83. The van der Waals surface area contributed by atoms with Crippen LogP contribution in [-0.2, 0) is 19.3 Å². The number of unbranched alkanes of at least 4 members (excludes halogenated alkanes) is 2. The van der Waals surface area contributed by atoms with Crippen molar-refractivity contribution in [2.45, 2.75) is 51.8 Å². The average molecular weight is 481 g/mol. The number of rotatable bonds is 9. The van der Waals surface area contributed by atoms with Crippen molar-refractivity contribution >= 4 is 10.8 Å². The number of hydrogen-bond donors (Lipinski definition) is 0. The number of alkyl halides is 3. The molecule has 0 aliphatic rings. The highest BCUT2D eigenvalue weighted by Crippen LogP contribution is 2.32. The standard InChI is InChI=1S/C30H28F4O/c1-2-3-4-5-21-6-8-22(9-7-21)10-11-23-12-18-28-25(20-23)15-19-27(29(28)31)24-13-16-26(17-14-24)35-30(32,33)34/h6-9,12-20H,2-5,10-11H2,1H3. The zero-order valence-corrected chi connectivity index (χ0v) is 19.7. The minimum absolute atomic E-state index is 0.335. The van der Waals surface area contributed by atoms with Gasteiger partial charge in [0.25, 0.3) is 0 Å². The van der Waals surface area contributed by atoms with Gasteiger partial charge in [0.2, 0.25) is 0 Å². The Morgan fingerprint density at radius 3 is 1.97 bits per heavy atom. The van der Waals surface area contributed by atoms with Crippen molar-refractivity contribution in [1.82, 2.24) is 0 Å². The van der Waals surface area contributed by atoms with Crippen molar-refractivity contribution in [3.05, 3.63) is 101 Å². The van der Waals surface area contributed by atoms with Crippen LogP contribution in [0.15, 0.2) is 78.9 Å². The normalized spacial score (nSPS) is 11.7. The summed E-state index contributed by atoms with van der Waals surface area (Å²) in [6.45, 7) is 2.21. The molecule has 5 heteroatoms. The van der Waals surface area contributed by atoms with Crippen molar-refractivity contribution in [2.24, 2.45) is 0 Å². The molecule has 0 N–H and O–H groups in total. The minimum atomic E-state index is -4.76. The lowest BCUT2D eigenvalue weighted by molar-refractivity contribution is -0.274. The molecule has 0 fully saturated rings. The summed E-state index contributed by atoms with van der Waals surface area (Å²) in [6, 6.07) is 23.3. The Balaban J connectivity index is 1.44. The molecular formula is C30H28F4O. The quantitative estimate of drug-likeness (QED) is 0.171. The summed E-state index contributed by atoms with van der Waals surface area (Å²) in [4.78, 5) is 0. The molecule has 0 saturated carbocycles. The first-order valence-corrected chi connectivity index (χ1v) is 12.0. The third kappa shape index (κ3) is 6.62. The van der Waals surface area contributed by atoms with Gasteiger partial charge in [0.05, 0.1) is 0 Å². The molecule has 0 aliphatic heterocycles. The molecule has 182 valence electrons. The van der Waals surface area contributed by atoms with E-state index in [1.807, 2.05) is 18.2 Å². The van der Waals surface area contributed by atoms with E-state index in [1.54, 1.807) is 12.1 Å². The van der Waals surface area contributed by atoms with Crippen molar-refractivity contribution < 1.29 is 22.3 Å². The van der Waals surface area contributed by atoms with Gasteiger partial charge in [0.15, 0.2) is 0 Å². The van der Waals surface area contributed by atoms with Gasteiger partial charge in [0.1, 0.15) is 11.6 Å². The van der Waals surface area contributed by atoms with Gasteiger partial charge in [-0.3, -0.25) is 0 Å². The van der Waals surface area contributed by atoms with Gasteiger partial charge in [-0.25, -0.2) is 4.39 Å². The molecule has 0 bridgehead atoms. The fraction of sp³-hybridized carbons (Fsp3) is 0.267. The molecule has 4 rings (SSSR count). The third-order valence-electron chi connectivity index (χ3n) is 6.21. The lowest BCUT2D eigenvalue weighted by Gasteiger charge is -2.11. The smallest absolute Gasteiger partial charge is 0.406 e. The van der Waals surface area contributed by atoms with Gasteiger partial charge in [0, 0.05) is 10.9 Å². The fourth-order valence-electron chi connectivity index (χ4n) is 4.30. The molecule has 35 heavy (non-hydrogen) atoms. The lowest BCUT2D eigenvalue weighted by Crippen LogP contribution is -2.16.